The lowest BCUT2D eigenvalue weighted by molar-refractivity contribution is 0.500. The van der Waals surface area contributed by atoms with Gasteiger partial charge in [0.15, 0.2) is 5.82 Å². The predicted molar refractivity (Wildman–Crippen MR) is 73.3 cm³/mol. The number of rotatable bonds is 5. The molecule has 3 aromatic heterocycles. The fourth-order valence-corrected chi connectivity index (χ4v) is 3.16. The molecular weight excluding hydrogens is 260 g/mol. The molecule has 0 saturated heterocycles. The van der Waals surface area contributed by atoms with Crippen LogP contribution in [0.4, 0.5) is 0 Å². The van der Waals surface area contributed by atoms with Crippen LogP contribution in [0.5, 0.6) is 0 Å². The van der Waals surface area contributed by atoms with E-state index in [1.54, 1.807) is 17.5 Å². The zero-order valence-electron chi connectivity index (χ0n) is 11.0. The van der Waals surface area contributed by atoms with Gasteiger partial charge >= 0.3 is 0 Å². The molecule has 19 heavy (non-hydrogen) atoms. The Labute approximate surface area is 115 Å². The van der Waals surface area contributed by atoms with Crippen molar-refractivity contribution >= 4 is 16.3 Å². The molecular formula is C12H16N6S. The van der Waals surface area contributed by atoms with Crippen molar-refractivity contribution in [1.82, 2.24) is 29.6 Å². The zero-order chi connectivity index (χ0) is 13.2. The Hall–Kier alpha value is -1.76. The van der Waals surface area contributed by atoms with Crippen LogP contribution in [0, 0.1) is 0 Å². The highest BCUT2D eigenvalue weighted by atomic mass is 32.1. The van der Waals surface area contributed by atoms with Crippen molar-refractivity contribution in [3.63, 3.8) is 0 Å². The van der Waals surface area contributed by atoms with Crippen LogP contribution in [0.15, 0.2) is 18.5 Å². The number of hydrogen-bond acceptors (Lipinski definition) is 5. The van der Waals surface area contributed by atoms with Gasteiger partial charge in [-0.3, -0.25) is 4.68 Å². The first-order valence-electron chi connectivity index (χ1n) is 6.53. The molecule has 0 aliphatic rings. The van der Waals surface area contributed by atoms with Gasteiger partial charge < -0.3 is 0 Å². The summed E-state index contributed by atoms with van der Waals surface area (Å²) in [5.41, 5.74) is 0. The number of aryl methyl sites for hydroxylation is 1. The van der Waals surface area contributed by atoms with Gasteiger partial charge in [-0.1, -0.05) is 25.2 Å². The van der Waals surface area contributed by atoms with Gasteiger partial charge in [0.25, 0.3) is 0 Å². The summed E-state index contributed by atoms with van der Waals surface area (Å²) in [5, 5.41) is 18.4. The maximum Gasteiger partial charge on any atom is 0.234 e. The Morgan fingerprint density at radius 2 is 2.21 bits per heavy atom. The molecule has 3 aromatic rings. The molecule has 0 saturated carbocycles. The third kappa shape index (κ3) is 2.14. The van der Waals surface area contributed by atoms with Crippen molar-refractivity contribution in [3.8, 4) is 0 Å². The SMILES string of the molecule is CCCc1nnc2sc(C(CC)n3cccn3)nn12. The van der Waals surface area contributed by atoms with Gasteiger partial charge in [-0.05, 0) is 18.9 Å². The normalized spacial score (nSPS) is 13.2. The van der Waals surface area contributed by atoms with E-state index in [9.17, 15) is 0 Å². The fourth-order valence-electron chi connectivity index (χ4n) is 2.13. The average Bonchev–Trinajstić information content (AvgIpc) is 3.09. The highest BCUT2D eigenvalue weighted by Gasteiger charge is 2.19. The molecule has 0 bridgehead atoms. The first-order chi connectivity index (χ1) is 9.33. The first-order valence-corrected chi connectivity index (χ1v) is 7.35. The van der Waals surface area contributed by atoms with Crippen molar-refractivity contribution in [1.29, 1.82) is 0 Å². The minimum Gasteiger partial charge on any atom is -0.263 e. The van der Waals surface area contributed by atoms with E-state index in [0.717, 1.165) is 35.1 Å². The van der Waals surface area contributed by atoms with E-state index < -0.39 is 0 Å². The molecule has 0 spiro atoms. The lowest BCUT2D eigenvalue weighted by Gasteiger charge is -2.11. The minimum absolute atomic E-state index is 0.177. The van der Waals surface area contributed by atoms with Crippen LogP contribution in [-0.2, 0) is 6.42 Å². The molecule has 3 heterocycles. The zero-order valence-corrected chi connectivity index (χ0v) is 11.8. The Morgan fingerprint density at radius 1 is 1.32 bits per heavy atom. The highest BCUT2D eigenvalue weighted by Crippen LogP contribution is 2.26. The van der Waals surface area contributed by atoms with Gasteiger partial charge in [-0.2, -0.15) is 14.7 Å². The molecule has 0 amide bonds. The summed E-state index contributed by atoms with van der Waals surface area (Å²) in [5.74, 6) is 0.940. The van der Waals surface area contributed by atoms with Crippen LogP contribution >= 0.6 is 11.3 Å². The standard InChI is InChI=1S/C12H16N6S/c1-3-6-10-14-15-12-18(10)16-11(19-12)9(4-2)17-8-5-7-13-17/h5,7-9H,3-4,6H2,1-2H3. The molecule has 0 aliphatic carbocycles. The molecule has 0 radical (unpaired) electrons. The van der Waals surface area contributed by atoms with E-state index in [-0.39, 0.29) is 6.04 Å². The quantitative estimate of drug-likeness (QED) is 0.717. The van der Waals surface area contributed by atoms with Crippen molar-refractivity contribution in [2.45, 2.75) is 39.2 Å². The molecule has 1 atom stereocenters. The molecule has 3 rings (SSSR count). The summed E-state index contributed by atoms with van der Waals surface area (Å²) >= 11 is 1.59. The maximum atomic E-state index is 4.67. The number of nitrogens with zero attached hydrogens (tertiary/aromatic N) is 6. The monoisotopic (exact) mass is 276 g/mol. The highest BCUT2D eigenvalue weighted by molar-refractivity contribution is 7.16. The van der Waals surface area contributed by atoms with Crippen molar-refractivity contribution in [3.05, 3.63) is 29.3 Å². The summed E-state index contributed by atoms with van der Waals surface area (Å²) in [6.45, 7) is 4.27. The summed E-state index contributed by atoms with van der Waals surface area (Å²) in [6, 6.07) is 2.11. The third-order valence-corrected chi connectivity index (χ3v) is 4.06. The Morgan fingerprint density at radius 3 is 2.89 bits per heavy atom. The number of hydrogen-bond donors (Lipinski definition) is 0. The first kappa shape index (κ1) is 12.3. The van der Waals surface area contributed by atoms with Gasteiger partial charge in [0.05, 0.1) is 0 Å². The Bertz CT molecular complexity index is 653. The minimum atomic E-state index is 0.177. The Kier molecular flexibility index (Phi) is 3.29. The van der Waals surface area contributed by atoms with E-state index >= 15 is 0 Å². The van der Waals surface area contributed by atoms with Crippen LogP contribution in [-0.4, -0.2) is 29.6 Å². The van der Waals surface area contributed by atoms with Gasteiger partial charge in [-0.25, -0.2) is 0 Å². The second-order valence-electron chi connectivity index (χ2n) is 4.41. The smallest absolute Gasteiger partial charge is 0.234 e. The summed E-state index contributed by atoms with van der Waals surface area (Å²) in [7, 11) is 0. The van der Waals surface area contributed by atoms with Gasteiger partial charge in [0.2, 0.25) is 4.96 Å². The lowest BCUT2D eigenvalue weighted by Crippen LogP contribution is -2.10. The molecule has 0 N–H and O–H groups in total. The van der Waals surface area contributed by atoms with Crippen molar-refractivity contribution < 1.29 is 0 Å². The van der Waals surface area contributed by atoms with Crippen LogP contribution < -0.4 is 0 Å². The summed E-state index contributed by atoms with van der Waals surface area (Å²) in [4.78, 5) is 0.865. The molecule has 6 nitrogen and oxygen atoms in total. The van der Waals surface area contributed by atoms with E-state index in [4.69, 9.17) is 0 Å². The van der Waals surface area contributed by atoms with E-state index in [1.165, 1.54) is 0 Å². The second kappa shape index (κ2) is 5.08. The Balaban J connectivity index is 2.00. The van der Waals surface area contributed by atoms with Crippen LogP contribution in [0.2, 0.25) is 0 Å². The van der Waals surface area contributed by atoms with E-state index in [0.29, 0.717) is 0 Å². The van der Waals surface area contributed by atoms with Gasteiger partial charge in [-0.15, -0.1) is 10.2 Å². The van der Waals surface area contributed by atoms with Crippen molar-refractivity contribution in [2.24, 2.45) is 0 Å². The molecule has 0 fully saturated rings. The van der Waals surface area contributed by atoms with Crippen LogP contribution in [0.1, 0.15) is 43.6 Å². The van der Waals surface area contributed by atoms with Gasteiger partial charge in [0, 0.05) is 18.8 Å². The molecule has 1 unspecified atom stereocenters. The average molecular weight is 276 g/mol. The molecule has 100 valence electrons. The van der Waals surface area contributed by atoms with Crippen molar-refractivity contribution in [2.75, 3.05) is 0 Å². The van der Waals surface area contributed by atoms with Crippen LogP contribution in [0.3, 0.4) is 0 Å². The lowest BCUT2D eigenvalue weighted by atomic mass is 10.2. The third-order valence-electron chi connectivity index (χ3n) is 3.06. The van der Waals surface area contributed by atoms with Gasteiger partial charge in [0.1, 0.15) is 11.0 Å². The van der Waals surface area contributed by atoms with E-state index in [1.807, 2.05) is 21.5 Å². The largest absolute Gasteiger partial charge is 0.263 e. The molecule has 0 aliphatic heterocycles. The van der Waals surface area contributed by atoms with Crippen LogP contribution in [0.25, 0.3) is 4.96 Å². The molecule has 7 heteroatoms. The second-order valence-corrected chi connectivity index (χ2v) is 5.40. The summed E-state index contributed by atoms with van der Waals surface area (Å²) < 4.78 is 3.82. The topological polar surface area (TPSA) is 60.9 Å². The van der Waals surface area contributed by atoms with E-state index in [2.05, 4.69) is 34.2 Å². The predicted octanol–water partition coefficient (Wildman–Crippen LogP) is 2.33. The maximum absolute atomic E-state index is 4.67. The molecule has 0 aromatic carbocycles. The number of aromatic nitrogens is 6. The summed E-state index contributed by atoms with van der Waals surface area (Å²) in [6.07, 6.45) is 6.68. The number of fused-ring (bicyclic) bond motifs is 1. The fraction of sp³-hybridized carbons (Fsp3) is 0.500.